The molecule has 0 aromatic carbocycles. The van der Waals surface area contributed by atoms with Crippen LogP contribution in [0.5, 0.6) is 0 Å². The smallest absolute Gasteiger partial charge is 0.320 e. The molecule has 5 heteroatoms. The van der Waals surface area contributed by atoms with Gasteiger partial charge in [-0.2, -0.15) is 0 Å². The second-order valence-corrected chi connectivity index (χ2v) is 5.30. The van der Waals surface area contributed by atoms with Gasteiger partial charge >= 0.3 is 5.97 Å². The van der Waals surface area contributed by atoms with Crippen LogP contribution in [0.2, 0.25) is 0 Å². The highest BCUT2D eigenvalue weighted by Crippen LogP contribution is 2.21. The van der Waals surface area contributed by atoms with Gasteiger partial charge in [0.2, 0.25) is 0 Å². The Morgan fingerprint density at radius 3 is 2.50 bits per heavy atom. The average molecular weight is 277 g/mol. The number of hydrogen-bond acceptors (Lipinski definition) is 4. The van der Waals surface area contributed by atoms with E-state index in [4.69, 9.17) is 0 Å². The fourth-order valence-corrected chi connectivity index (χ4v) is 2.86. The maximum Gasteiger partial charge on any atom is 0.320 e. The van der Waals surface area contributed by atoms with Crippen LogP contribution in [0.25, 0.3) is 0 Å². The van der Waals surface area contributed by atoms with Gasteiger partial charge in [0, 0.05) is 44.6 Å². The summed E-state index contributed by atoms with van der Waals surface area (Å²) in [4.78, 5) is 19.8. The first-order valence-electron chi connectivity index (χ1n) is 7.24. The molecule has 1 saturated heterocycles. The summed E-state index contributed by atoms with van der Waals surface area (Å²) in [5.74, 6) is -0.707. The van der Waals surface area contributed by atoms with Crippen molar-refractivity contribution in [2.75, 3.05) is 26.2 Å². The van der Waals surface area contributed by atoms with E-state index in [1.165, 1.54) is 5.56 Å². The lowest BCUT2D eigenvalue weighted by Crippen LogP contribution is -2.52. The van der Waals surface area contributed by atoms with Crippen molar-refractivity contribution in [3.63, 3.8) is 0 Å². The molecule has 0 amide bonds. The molecular formula is C15H23N3O2. The van der Waals surface area contributed by atoms with Gasteiger partial charge in [-0.25, -0.2) is 0 Å². The van der Waals surface area contributed by atoms with E-state index in [0.29, 0.717) is 12.5 Å². The lowest BCUT2D eigenvalue weighted by molar-refractivity contribution is -0.144. The third-order valence-corrected chi connectivity index (χ3v) is 4.18. The molecule has 1 N–H and O–H groups in total. The Hall–Kier alpha value is -1.46. The van der Waals surface area contributed by atoms with Gasteiger partial charge in [0.1, 0.15) is 6.04 Å². The number of carboxylic acids is 1. The van der Waals surface area contributed by atoms with E-state index in [1.807, 2.05) is 19.2 Å². The van der Waals surface area contributed by atoms with Crippen LogP contribution in [-0.2, 0) is 4.79 Å². The lowest BCUT2D eigenvalue weighted by atomic mass is 10.1. The second-order valence-electron chi connectivity index (χ2n) is 5.30. The zero-order valence-corrected chi connectivity index (χ0v) is 12.2. The number of nitrogens with zero attached hydrogens (tertiary/aromatic N) is 3. The van der Waals surface area contributed by atoms with Crippen molar-refractivity contribution in [2.24, 2.45) is 0 Å². The van der Waals surface area contributed by atoms with Crippen LogP contribution in [0.1, 0.15) is 31.9 Å². The van der Waals surface area contributed by atoms with Crippen LogP contribution in [0, 0.1) is 0 Å². The SMILES string of the molecule is CCC(C(=O)O)N1CCN(C(C)c2cccnc2)CC1. The van der Waals surface area contributed by atoms with Crippen molar-refractivity contribution in [3.05, 3.63) is 30.1 Å². The van der Waals surface area contributed by atoms with Gasteiger partial charge in [-0.15, -0.1) is 0 Å². The van der Waals surface area contributed by atoms with Gasteiger partial charge in [0.25, 0.3) is 0 Å². The Morgan fingerprint density at radius 1 is 1.35 bits per heavy atom. The number of hydrogen-bond donors (Lipinski definition) is 1. The molecule has 0 saturated carbocycles. The van der Waals surface area contributed by atoms with E-state index in [9.17, 15) is 9.90 Å². The molecule has 0 radical (unpaired) electrons. The highest BCUT2D eigenvalue weighted by Gasteiger charge is 2.29. The standard InChI is InChI=1S/C15H23N3O2/c1-3-14(15(19)20)18-9-7-17(8-10-18)12(2)13-5-4-6-16-11-13/h4-6,11-12,14H,3,7-10H2,1-2H3,(H,19,20). The van der Waals surface area contributed by atoms with E-state index in [0.717, 1.165) is 26.2 Å². The molecular weight excluding hydrogens is 254 g/mol. The van der Waals surface area contributed by atoms with Crippen molar-refractivity contribution in [3.8, 4) is 0 Å². The molecule has 2 unspecified atom stereocenters. The number of pyridine rings is 1. The van der Waals surface area contributed by atoms with E-state index in [2.05, 4.69) is 27.8 Å². The van der Waals surface area contributed by atoms with Crippen molar-refractivity contribution in [1.29, 1.82) is 0 Å². The van der Waals surface area contributed by atoms with Crippen molar-refractivity contribution in [2.45, 2.75) is 32.4 Å². The topological polar surface area (TPSA) is 56.7 Å². The monoisotopic (exact) mass is 277 g/mol. The Kier molecular flexibility index (Phi) is 5.09. The predicted molar refractivity (Wildman–Crippen MR) is 77.5 cm³/mol. The van der Waals surface area contributed by atoms with Crippen molar-refractivity contribution >= 4 is 5.97 Å². The Morgan fingerprint density at radius 2 is 2.00 bits per heavy atom. The van der Waals surface area contributed by atoms with Crippen molar-refractivity contribution in [1.82, 2.24) is 14.8 Å². The maximum atomic E-state index is 11.2. The van der Waals surface area contributed by atoms with Gasteiger partial charge in [0.15, 0.2) is 0 Å². The summed E-state index contributed by atoms with van der Waals surface area (Å²) >= 11 is 0. The molecule has 110 valence electrons. The molecule has 1 aromatic heterocycles. The summed E-state index contributed by atoms with van der Waals surface area (Å²) in [5, 5.41) is 9.22. The Labute approximate surface area is 120 Å². The van der Waals surface area contributed by atoms with Gasteiger partial charge < -0.3 is 5.11 Å². The molecule has 1 aliphatic rings. The Balaban J connectivity index is 1.93. The quantitative estimate of drug-likeness (QED) is 0.886. The number of carbonyl (C=O) groups is 1. The van der Waals surface area contributed by atoms with Gasteiger partial charge in [-0.1, -0.05) is 13.0 Å². The predicted octanol–water partition coefficient (Wildman–Crippen LogP) is 1.62. The molecule has 2 heterocycles. The normalized spacial score (nSPS) is 20.5. The minimum absolute atomic E-state index is 0.329. The van der Waals surface area contributed by atoms with Crippen LogP contribution in [0.15, 0.2) is 24.5 Å². The van der Waals surface area contributed by atoms with Gasteiger partial charge in [-0.05, 0) is 25.0 Å². The summed E-state index contributed by atoms with van der Waals surface area (Å²) in [6, 6.07) is 4.04. The average Bonchev–Trinajstić information content (AvgIpc) is 2.48. The van der Waals surface area contributed by atoms with Crippen LogP contribution in [-0.4, -0.2) is 58.1 Å². The van der Waals surface area contributed by atoms with E-state index < -0.39 is 5.97 Å². The first-order valence-corrected chi connectivity index (χ1v) is 7.24. The summed E-state index contributed by atoms with van der Waals surface area (Å²) in [5.41, 5.74) is 1.21. The molecule has 1 fully saturated rings. The number of rotatable bonds is 5. The third-order valence-electron chi connectivity index (χ3n) is 4.18. The first kappa shape index (κ1) is 14.9. The molecule has 20 heavy (non-hydrogen) atoms. The molecule has 5 nitrogen and oxygen atoms in total. The molecule has 2 atom stereocenters. The molecule has 2 rings (SSSR count). The van der Waals surface area contributed by atoms with Gasteiger partial charge in [0.05, 0.1) is 0 Å². The highest BCUT2D eigenvalue weighted by molar-refractivity contribution is 5.73. The van der Waals surface area contributed by atoms with Crippen LogP contribution < -0.4 is 0 Å². The molecule has 0 bridgehead atoms. The minimum Gasteiger partial charge on any atom is -0.480 e. The first-order chi connectivity index (χ1) is 9.63. The molecule has 1 aromatic rings. The summed E-state index contributed by atoms with van der Waals surface area (Å²) in [6.07, 6.45) is 4.35. The number of aliphatic carboxylic acids is 1. The van der Waals surface area contributed by atoms with E-state index in [-0.39, 0.29) is 6.04 Å². The summed E-state index contributed by atoms with van der Waals surface area (Å²) < 4.78 is 0. The van der Waals surface area contributed by atoms with Crippen LogP contribution in [0.3, 0.4) is 0 Å². The number of aromatic nitrogens is 1. The van der Waals surface area contributed by atoms with Crippen LogP contribution in [0.4, 0.5) is 0 Å². The zero-order valence-electron chi connectivity index (χ0n) is 12.2. The highest BCUT2D eigenvalue weighted by atomic mass is 16.4. The maximum absolute atomic E-state index is 11.2. The third kappa shape index (κ3) is 3.35. The number of piperazine rings is 1. The molecule has 0 spiro atoms. The summed E-state index contributed by atoms with van der Waals surface area (Å²) in [6.45, 7) is 7.55. The fraction of sp³-hybridized carbons (Fsp3) is 0.600. The second kappa shape index (κ2) is 6.81. The minimum atomic E-state index is -0.707. The Bertz CT molecular complexity index is 430. The fourth-order valence-electron chi connectivity index (χ4n) is 2.86. The molecule has 1 aliphatic heterocycles. The van der Waals surface area contributed by atoms with E-state index >= 15 is 0 Å². The van der Waals surface area contributed by atoms with Gasteiger partial charge in [-0.3, -0.25) is 19.6 Å². The summed E-state index contributed by atoms with van der Waals surface area (Å²) in [7, 11) is 0. The number of carboxylic acid groups (broad SMARTS) is 1. The largest absolute Gasteiger partial charge is 0.480 e. The van der Waals surface area contributed by atoms with Crippen LogP contribution >= 0.6 is 0 Å². The molecule has 0 aliphatic carbocycles. The van der Waals surface area contributed by atoms with E-state index in [1.54, 1.807) is 6.20 Å². The lowest BCUT2D eigenvalue weighted by Gasteiger charge is -2.40. The van der Waals surface area contributed by atoms with Crippen molar-refractivity contribution < 1.29 is 9.90 Å². The zero-order chi connectivity index (χ0) is 14.5.